The molecule has 0 spiro atoms. The van der Waals surface area contributed by atoms with Gasteiger partial charge in [0, 0.05) is 62.0 Å². The minimum atomic E-state index is -1.95. The molecule has 87 heavy (non-hydrogen) atoms. The monoisotopic (exact) mass is 1220 g/mol. The lowest BCUT2D eigenvalue weighted by molar-refractivity contribution is -0.385. The number of nitro benzene ring substituents is 3. The Labute approximate surface area is 498 Å². The fourth-order valence-electron chi connectivity index (χ4n) is 10.2. The van der Waals surface area contributed by atoms with Crippen molar-refractivity contribution in [2.24, 2.45) is 11.8 Å². The molecule has 5 amide bonds. The average Bonchev–Trinajstić information content (AvgIpc) is 1.46. The number of aliphatic hydroxyl groups excluding tert-OH is 3. The van der Waals surface area contributed by atoms with E-state index in [4.69, 9.17) is 33.2 Å². The maximum absolute atomic E-state index is 14.2. The SMILES string of the molecule is CN(C(=O)OC(C)(C)C)[C@@H]1[C@@H](O)[C@@H](O[C@H]2[C@H](NC(=O)[C@H](O)CCNC(=O)OCc3ccc([N+](=O)[O-])cc3)C[C@H](NC(=O)OCc3ccc([N+](=O)[O-])cc3)C([C@H]3OC(CNCC4CC4)=CC[C@H]3NC(=O)OCc3ccc([N+](=O)[O-])cc3)[C@@H]2O)OC[C@]1(C)O. The zero-order valence-electron chi connectivity index (χ0n) is 48.3. The van der Waals surface area contributed by atoms with E-state index in [-0.39, 0.29) is 49.8 Å². The highest BCUT2D eigenvalue weighted by atomic mass is 16.7. The third-order valence-corrected chi connectivity index (χ3v) is 14.8. The molecular formula is C56H73N9O22. The fourth-order valence-corrected chi connectivity index (χ4v) is 10.2. The van der Waals surface area contributed by atoms with Crippen molar-refractivity contribution < 1.29 is 92.3 Å². The molecule has 0 radical (unpaired) electrons. The second kappa shape index (κ2) is 29.4. The van der Waals surface area contributed by atoms with E-state index in [0.29, 0.717) is 34.9 Å². The Bertz CT molecular complexity index is 2940. The zero-order valence-corrected chi connectivity index (χ0v) is 48.3. The van der Waals surface area contributed by atoms with Gasteiger partial charge in [-0.15, -0.1) is 0 Å². The highest BCUT2D eigenvalue weighted by Gasteiger charge is 2.56. The second-order valence-electron chi connectivity index (χ2n) is 22.9. The summed E-state index contributed by atoms with van der Waals surface area (Å²) < 4.78 is 41.0. The number of aliphatic hydroxyl groups is 4. The summed E-state index contributed by atoms with van der Waals surface area (Å²) in [5, 5.41) is 95.8. The molecule has 4 aliphatic rings. The summed E-state index contributed by atoms with van der Waals surface area (Å²) in [6, 6.07) is 10.2. The van der Waals surface area contributed by atoms with Crippen LogP contribution in [0.4, 0.5) is 36.2 Å². The lowest BCUT2D eigenvalue weighted by Crippen LogP contribution is -2.71. The van der Waals surface area contributed by atoms with E-state index < -0.39 is 149 Å². The molecule has 9 N–H and O–H groups in total. The van der Waals surface area contributed by atoms with Crippen molar-refractivity contribution >= 4 is 47.3 Å². The van der Waals surface area contributed by atoms with E-state index in [1.807, 2.05) is 0 Å². The molecule has 0 aromatic heterocycles. The Balaban J connectivity index is 1.19. The Kier molecular flexibility index (Phi) is 22.4. The summed E-state index contributed by atoms with van der Waals surface area (Å²) in [7, 11) is 1.27. The van der Waals surface area contributed by atoms with Gasteiger partial charge in [0.2, 0.25) is 5.91 Å². The summed E-state index contributed by atoms with van der Waals surface area (Å²) in [6.45, 7) is 5.01. The van der Waals surface area contributed by atoms with E-state index in [1.54, 1.807) is 26.8 Å². The summed E-state index contributed by atoms with van der Waals surface area (Å²) in [6.07, 6.45) is -11.7. The molecule has 474 valence electrons. The number of likely N-dealkylation sites (N-methyl/N-ethyl adjacent to an activating group) is 1. The largest absolute Gasteiger partial charge is 0.491 e. The van der Waals surface area contributed by atoms with Crippen LogP contribution in [0.2, 0.25) is 0 Å². The van der Waals surface area contributed by atoms with Crippen LogP contribution in [0.15, 0.2) is 84.6 Å². The van der Waals surface area contributed by atoms with Crippen molar-refractivity contribution in [2.75, 3.05) is 33.3 Å². The van der Waals surface area contributed by atoms with Gasteiger partial charge in [-0.05, 0) is 131 Å². The van der Waals surface area contributed by atoms with Crippen LogP contribution in [-0.2, 0) is 57.8 Å². The number of carbonyl (C=O) groups excluding carboxylic acids is 5. The molecule has 7 rings (SSSR count). The first-order valence-corrected chi connectivity index (χ1v) is 28.0. The molecule has 31 nitrogen and oxygen atoms in total. The Morgan fingerprint density at radius 2 is 1.25 bits per heavy atom. The normalized spacial score (nSPS) is 25.6. The predicted octanol–water partition coefficient (Wildman–Crippen LogP) is 3.61. The maximum Gasteiger partial charge on any atom is 0.410 e. The summed E-state index contributed by atoms with van der Waals surface area (Å²) in [5.41, 5.74) is -2.39. The first-order valence-electron chi connectivity index (χ1n) is 28.0. The number of benzene rings is 3. The van der Waals surface area contributed by atoms with E-state index in [2.05, 4.69) is 26.6 Å². The van der Waals surface area contributed by atoms with E-state index in [1.165, 1.54) is 86.8 Å². The van der Waals surface area contributed by atoms with Crippen LogP contribution in [0.5, 0.6) is 0 Å². The molecule has 2 saturated carbocycles. The number of hydrogen-bond acceptors (Lipinski definition) is 23. The predicted molar refractivity (Wildman–Crippen MR) is 301 cm³/mol. The standard InChI is InChI=1S/C56H73N9O22/c1-55(2,3)87-54(73)62(5)48-45(68)50(84-30-56(48,4)74)86-47-41(59-49(69)42(66)22-23-58-51(70)81-27-32-8-14-35(15-9-32)63(75)76)24-40(61-53(72)83-29-34-12-18-37(19-13-34)65(79)80)43(44(47)67)46-39(21-20-38(85-46)26-57-25-31-6-7-31)60-52(71)82-28-33-10-16-36(17-11-33)64(77)78/h8-20,31,39-48,50,57,66-68,74H,6-7,21-30H2,1-5H3,(H,58,70)(H,59,69)(H,60,71)(H,61,72)/t39-,40+,41-,42-,43?,44+,45-,46+,47+,48-,50-,56+/m1/s1. The molecule has 3 aromatic rings. The van der Waals surface area contributed by atoms with Gasteiger partial charge in [0.05, 0.1) is 52.2 Å². The molecule has 31 heteroatoms. The smallest absolute Gasteiger partial charge is 0.410 e. The molecule has 2 aliphatic carbocycles. The van der Waals surface area contributed by atoms with Gasteiger partial charge in [0.15, 0.2) is 6.29 Å². The first kappa shape index (κ1) is 66.2. The summed E-state index contributed by atoms with van der Waals surface area (Å²) >= 11 is 0. The van der Waals surface area contributed by atoms with Crippen molar-refractivity contribution in [3.05, 3.63) is 132 Å². The topological polar surface area (TPSA) is 424 Å². The highest BCUT2D eigenvalue weighted by Crippen LogP contribution is 2.39. The third kappa shape index (κ3) is 18.8. The van der Waals surface area contributed by atoms with Crippen LogP contribution < -0.4 is 26.6 Å². The number of carbonyl (C=O) groups is 5. The van der Waals surface area contributed by atoms with E-state index in [9.17, 15) is 74.7 Å². The van der Waals surface area contributed by atoms with Gasteiger partial charge in [-0.3, -0.25) is 35.1 Å². The first-order chi connectivity index (χ1) is 41.2. The Morgan fingerprint density at radius 3 is 1.75 bits per heavy atom. The summed E-state index contributed by atoms with van der Waals surface area (Å²) in [4.78, 5) is 101. The number of nitro groups is 3. The van der Waals surface area contributed by atoms with Crippen LogP contribution in [0.25, 0.3) is 0 Å². The molecule has 3 aromatic carbocycles. The third-order valence-electron chi connectivity index (χ3n) is 14.8. The number of non-ortho nitro benzene ring substituents is 3. The molecule has 2 aliphatic heterocycles. The van der Waals surface area contributed by atoms with Gasteiger partial charge >= 0.3 is 24.4 Å². The molecule has 1 saturated heterocycles. The van der Waals surface area contributed by atoms with E-state index >= 15 is 0 Å². The summed E-state index contributed by atoms with van der Waals surface area (Å²) in [5.74, 6) is -1.69. The van der Waals surface area contributed by atoms with Crippen LogP contribution in [0.3, 0.4) is 0 Å². The van der Waals surface area contributed by atoms with Gasteiger partial charge in [0.25, 0.3) is 17.1 Å². The highest BCUT2D eigenvalue weighted by molar-refractivity contribution is 5.81. The van der Waals surface area contributed by atoms with Crippen LogP contribution in [0.1, 0.15) is 76.5 Å². The molecule has 2 heterocycles. The molecule has 0 bridgehead atoms. The fraction of sp³-hybridized carbons (Fsp3) is 0.554. The molecule has 12 atom stereocenters. The van der Waals surface area contributed by atoms with Gasteiger partial charge in [-0.25, -0.2) is 19.2 Å². The number of nitrogens with one attached hydrogen (secondary N) is 5. The van der Waals surface area contributed by atoms with Gasteiger partial charge < -0.3 is 85.1 Å². The lowest BCUT2D eigenvalue weighted by Gasteiger charge is -2.52. The van der Waals surface area contributed by atoms with Gasteiger partial charge in [-0.1, -0.05) is 0 Å². The quantitative estimate of drug-likeness (QED) is 0.0351. The Hall–Kier alpha value is -8.33. The number of rotatable bonds is 24. The lowest BCUT2D eigenvalue weighted by atomic mass is 9.72. The Morgan fingerprint density at radius 1 is 0.747 bits per heavy atom. The van der Waals surface area contributed by atoms with Crippen LogP contribution >= 0.6 is 0 Å². The van der Waals surface area contributed by atoms with Crippen molar-refractivity contribution in [1.29, 1.82) is 0 Å². The molecular weight excluding hydrogens is 1150 g/mol. The van der Waals surface area contributed by atoms with Crippen molar-refractivity contribution in [1.82, 2.24) is 31.5 Å². The number of nitrogens with zero attached hydrogens (tertiary/aromatic N) is 4. The van der Waals surface area contributed by atoms with Crippen molar-refractivity contribution in [2.45, 2.75) is 152 Å². The van der Waals surface area contributed by atoms with E-state index in [0.717, 1.165) is 17.7 Å². The van der Waals surface area contributed by atoms with Crippen molar-refractivity contribution in [3.63, 3.8) is 0 Å². The van der Waals surface area contributed by atoms with Crippen LogP contribution in [0, 0.1) is 42.2 Å². The molecule has 1 unspecified atom stereocenters. The minimum absolute atomic E-state index is 0.0347. The number of hydrogen-bond donors (Lipinski definition) is 9. The number of ether oxygens (including phenoxy) is 7. The average molecular weight is 1220 g/mol. The second-order valence-corrected chi connectivity index (χ2v) is 22.9. The van der Waals surface area contributed by atoms with Crippen molar-refractivity contribution in [3.8, 4) is 0 Å². The van der Waals surface area contributed by atoms with Crippen LogP contribution in [-0.4, -0.2) is 176 Å². The minimum Gasteiger partial charge on any atom is -0.491 e. The van der Waals surface area contributed by atoms with Gasteiger partial charge in [0.1, 0.15) is 61.2 Å². The number of amides is 5. The maximum atomic E-state index is 14.2. The number of alkyl carbamates (subject to hydrolysis) is 3. The molecule has 3 fully saturated rings. The van der Waals surface area contributed by atoms with Gasteiger partial charge in [-0.2, -0.15) is 0 Å². The zero-order chi connectivity index (χ0) is 63.3.